The Morgan fingerprint density at radius 1 is 0.833 bits per heavy atom. The first kappa shape index (κ1) is 18.2. The predicted molar refractivity (Wildman–Crippen MR) is 80.6 cm³/mol. The van der Waals surface area contributed by atoms with Crippen molar-refractivity contribution in [2.45, 2.75) is 60.3 Å². The van der Waals surface area contributed by atoms with Gasteiger partial charge >= 0.3 is 0 Å². The molecule has 0 fully saturated rings. The maximum Gasteiger partial charge on any atom is 0.0890 e. The van der Waals surface area contributed by atoms with E-state index in [1.807, 2.05) is 20.8 Å². The number of unbranched alkanes of at least 4 members (excludes halogenated alkanes) is 1. The molecule has 0 N–H and O–H groups in total. The number of rotatable bonds is 12. The summed E-state index contributed by atoms with van der Waals surface area (Å²) in [5, 5.41) is 0. The maximum absolute atomic E-state index is 5.86. The molecule has 18 heavy (non-hydrogen) atoms. The highest BCUT2D eigenvalue weighted by molar-refractivity contribution is 8.21. The zero-order valence-electron chi connectivity index (χ0n) is 12.9. The van der Waals surface area contributed by atoms with E-state index in [0.717, 1.165) is 5.75 Å². The van der Waals surface area contributed by atoms with Gasteiger partial charge in [-0.2, -0.15) is 0 Å². The molecular formula is C14H32O3S. The molecule has 0 spiro atoms. The van der Waals surface area contributed by atoms with Crippen LogP contribution in [0.25, 0.3) is 0 Å². The van der Waals surface area contributed by atoms with E-state index in [0.29, 0.717) is 25.7 Å². The summed E-state index contributed by atoms with van der Waals surface area (Å²) in [6.45, 7) is 12.5. The van der Waals surface area contributed by atoms with Crippen molar-refractivity contribution in [1.82, 2.24) is 0 Å². The average Bonchev–Trinajstić information content (AvgIpc) is 2.35. The Hall–Kier alpha value is 0.230. The van der Waals surface area contributed by atoms with Gasteiger partial charge in [0.2, 0.25) is 0 Å². The molecule has 0 aliphatic heterocycles. The summed E-state index contributed by atoms with van der Waals surface area (Å²) in [7, 11) is -1.79. The van der Waals surface area contributed by atoms with Gasteiger partial charge in [0.05, 0.1) is 30.7 Å². The van der Waals surface area contributed by atoms with E-state index in [-0.39, 0.29) is 0 Å². The molecule has 0 saturated heterocycles. The summed E-state index contributed by atoms with van der Waals surface area (Å²) in [5.74, 6) is 1.56. The Labute approximate surface area is 116 Å². The second kappa shape index (κ2) is 11.1. The fourth-order valence-electron chi connectivity index (χ4n) is 1.97. The molecule has 0 radical (unpaired) electrons. The van der Waals surface area contributed by atoms with Gasteiger partial charge in [0.25, 0.3) is 0 Å². The van der Waals surface area contributed by atoms with E-state index in [9.17, 15) is 0 Å². The molecule has 1 unspecified atom stereocenters. The van der Waals surface area contributed by atoms with Crippen LogP contribution in [0.2, 0.25) is 0 Å². The minimum atomic E-state index is -1.79. The van der Waals surface area contributed by atoms with Crippen LogP contribution in [0, 0.1) is 5.92 Å². The monoisotopic (exact) mass is 280 g/mol. The molecule has 0 aliphatic carbocycles. The average molecular weight is 280 g/mol. The summed E-state index contributed by atoms with van der Waals surface area (Å²) in [6.07, 6.45) is 4.94. The third-order valence-electron chi connectivity index (χ3n) is 2.88. The highest BCUT2D eigenvalue weighted by Crippen LogP contribution is 2.53. The Morgan fingerprint density at radius 2 is 1.33 bits per heavy atom. The lowest BCUT2D eigenvalue weighted by Crippen LogP contribution is -2.21. The molecule has 4 heteroatoms. The highest BCUT2D eigenvalue weighted by atomic mass is 32.3. The molecule has 3 nitrogen and oxygen atoms in total. The summed E-state index contributed by atoms with van der Waals surface area (Å²) in [5.41, 5.74) is 0. The van der Waals surface area contributed by atoms with Gasteiger partial charge in [-0.15, -0.1) is 0 Å². The van der Waals surface area contributed by atoms with Crippen LogP contribution in [-0.2, 0) is 12.5 Å². The van der Waals surface area contributed by atoms with Crippen LogP contribution in [0.4, 0.5) is 0 Å². The van der Waals surface area contributed by atoms with Gasteiger partial charge in [0, 0.05) is 5.75 Å². The molecule has 1 atom stereocenters. The second-order valence-electron chi connectivity index (χ2n) is 4.36. The van der Waals surface area contributed by atoms with Gasteiger partial charge in [-0.3, -0.25) is 12.5 Å². The van der Waals surface area contributed by atoms with Crippen molar-refractivity contribution in [2.24, 2.45) is 5.92 Å². The maximum atomic E-state index is 5.86. The molecule has 0 aliphatic rings. The third-order valence-corrected chi connectivity index (χ3v) is 5.54. The van der Waals surface area contributed by atoms with E-state index in [1.165, 1.54) is 25.7 Å². The molecule has 0 aromatic rings. The second-order valence-corrected chi connectivity index (χ2v) is 6.52. The van der Waals surface area contributed by atoms with E-state index >= 15 is 0 Å². The standard InChI is InChI=1S/C14H32O3S/c1-6-11-12-14(7-2)13-18(15-8-3,16-9-4)17-10-5/h14H,6-13H2,1-5H3. The highest BCUT2D eigenvalue weighted by Gasteiger charge is 2.29. The number of hydrogen-bond acceptors (Lipinski definition) is 3. The first-order valence-electron chi connectivity index (χ1n) is 7.41. The normalized spacial score (nSPS) is 14.7. The number of hydrogen-bond donors (Lipinski definition) is 0. The van der Waals surface area contributed by atoms with Crippen molar-refractivity contribution in [1.29, 1.82) is 0 Å². The quantitative estimate of drug-likeness (QED) is 0.511. The van der Waals surface area contributed by atoms with Crippen LogP contribution < -0.4 is 0 Å². The molecule has 0 bridgehead atoms. The van der Waals surface area contributed by atoms with Crippen molar-refractivity contribution in [3.05, 3.63) is 0 Å². The van der Waals surface area contributed by atoms with Crippen molar-refractivity contribution in [2.75, 3.05) is 25.6 Å². The largest absolute Gasteiger partial charge is 0.293 e. The van der Waals surface area contributed by atoms with E-state index in [2.05, 4.69) is 13.8 Å². The lowest BCUT2D eigenvalue weighted by molar-refractivity contribution is 0.181. The molecule has 0 heterocycles. The Kier molecular flexibility index (Phi) is 11.2. The van der Waals surface area contributed by atoms with Crippen molar-refractivity contribution >= 4 is 10.9 Å². The third kappa shape index (κ3) is 6.98. The molecule has 0 saturated carbocycles. The topological polar surface area (TPSA) is 27.7 Å². The Balaban J connectivity index is 4.58. The minimum absolute atomic E-state index is 0.643. The van der Waals surface area contributed by atoms with Gasteiger partial charge in [0.15, 0.2) is 0 Å². The summed E-state index contributed by atoms with van der Waals surface area (Å²) in [6, 6.07) is 0. The zero-order chi connectivity index (χ0) is 13.9. The van der Waals surface area contributed by atoms with Crippen LogP contribution in [0.3, 0.4) is 0 Å². The van der Waals surface area contributed by atoms with E-state index < -0.39 is 10.9 Å². The van der Waals surface area contributed by atoms with Gasteiger partial charge in [-0.05, 0) is 33.1 Å². The van der Waals surface area contributed by atoms with Gasteiger partial charge < -0.3 is 0 Å². The van der Waals surface area contributed by atoms with E-state index in [4.69, 9.17) is 12.5 Å². The van der Waals surface area contributed by atoms with Crippen LogP contribution in [0.15, 0.2) is 0 Å². The van der Waals surface area contributed by atoms with Crippen LogP contribution in [0.1, 0.15) is 60.3 Å². The fraction of sp³-hybridized carbons (Fsp3) is 1.00. The van der Waals surface area contributed by atoms with E-state index in [1.54, 1.807) is 0 Å². The molecule has 0 aromatic heterocycles. The lowest BCUT2D eigenvalue weighted by Gasteiger charge is -2.39. The Bertz CT molecular complexity index is 171. The SMILES string of the molecule is CCCCC(CC)CS(OCC)(OCC)OCC. The summed E-state index contributed by atoms with van der Waals surface area (Å²) >= 11 is 0. The molecule has 0 rings (SSSR count). The van der Waals surface area contributed by atoms with Gasteiger partial charge in [0.1, 0.15) is 0 Å². The molecule has 112 valence electrons. The van der Waals surface area contributed by atoms with Crippen molar-refractivity contribution in [3.8, 4) is 0 Å². The van der Waals surface area contributed by atoms with Crippen molar-refractivity contribution < 1.29 is 12.5 Å². The zero-order valence-corrected chi connectivity index (χ0v) is 13.7. The fourth-order valence-corrected chi connectivity index (χ4v) is 4.52. The van der Waals surface area contributed by atoms with Crippen LogP contribution >= 0.6 is 10.9 Å². The first-order chi connectivity index (χ1) is 8.67. The molecule has 0 amide bonds. The minimum Gasteiger partial charge on any atom is -0.293 e. The van der Waals surface area contributed by atoms with Gasteiger partial charge in [-0.25, -0.2) is 0 Å². The molecular weight excluding hydrogens is 248 g/mol. The van der Waals surface area contributed by atoms with Gasteiger partial charge in [-0.1, -0.05) is 33.1 Å². The Morgan fingerprint density at radius 3 is 1.67 bits per heavy atom. The first-order valence-corrected chi connectivity index (χ1v) is 8.99. The van der Waals surface area contributed by atoms with Crippen LogP contribution in [-0.4, -0.2) is 25.6 Å². The summed E-state index contributed by atoms with van der Waals surface area (Å²) < 4.78 is 17.6. The predicted octanol–water partition coefficient (Wildman–Crippen LogP) is 4.86. The molecule has 0 aromatic carbocycles. The lowest BCUT2D eigenvalue weighted by atomic mass is 10.0. The van der Waals surface area contributed by atoms with Crippen LogP contribution in [0.5, 0.6) is 0 Å². The summed E-state index contributed by atoms with van der Waals surface area (Å²) in [4.78, 5) is 0. The van der Waals surface area contributed by atoms with Crippen molar-refractivity contribution in [3.63, 3.8) is 0 Å². The smallest absolute Gasteiger partial charge is 0.0890 e.